The molecule has 2 aliphatic rings. The summed E-state index contributed by atoms with van der Waals surface area (Å²) in [6, 6.07) is 17.3. The maximum atomic E-state index is 13.1. The molecule has 2 atom stereocenters. The molecular weight excluding hydrogens is 462 g/mol. The van der Waals surface area contributed by atoms with Crippen LogP contribution >= 0.6 is 11.3 Å². The van der Waals surface area contributed by atoms with Crippen LogP contribution in [-0.4, -0.2) is 51.4 Å². The van der Waals surface area contributed by atoms with Gasteiger partial charge in [0.2, 0.25) is 0 Å². The van der Waals surface area contributed by atoms with E-state index in [2.05, 4.69) is 21.7 Å². The van der Waals surface area contributed by atoms with Gasteiger partial charge >= 0.3 is 6.03 Å². The number of urea groups is 1. The summed E-state index contributed by atoms with van der Waals surface area (Å²) in [4.78, 5) is 45.5. The fourth-order valence-corrected chi connectivity index (χ4v) is 5.97. The van der Waals surface area contributed by atoms with E-state index in [0.717, 1.165) is 51.6 Å². The molecule has 8 nitrogen and oxygen atoms in total. The highest BCUT2D eigenvalue weighted by atomic mass is 32.1. The predicted molar refractivity (Wildman–Crippen MR) is 134 cm³/mol. The van der Waals surface area contributed by atoms with E-state index in [4.69, 9.17) is 4.98 Å². The Morgan fingerprint density at radius 1 is 1.14 bits per heavy atom. The fraction of sp³-hybridized carbons (Fsp3) is 0.385. The van der Waals surface area contributed by atoms with Gasteiger partial charge in [0.1, 0.15) is 10.5 Å². The Labute approximate surface area is 208 Å². The molecule has 2 aromatic carbocycles. The van der Waals surface area contributed by atoms with Crippen LogP contribution in [0.25, 0.3) is 10.2 Å². The number of aryl methyl sites for hydroxylation is 1. The Morgan fingerprint density at radius 3 is 2.71 bits per heavy atom. The average molecular weight is 492 g/mol. The summed E-state index contributed by atoms with van der Waals surface area (Å²) in [6.45, 7) is 2.57. The number of rotatable bonds is 7. The molecule has 3 heterocycles. The van der Waals surface area contributed by atoms with Gasteiger partial charge in [-0.05, 0) is 56.8 Å². The Hall–Kier alpha value is -3.30. The Kier molecular flexibility index (Phi) is 6.53. The number of piperidine rings is 1. The minimum Gasteiger partial charge on any atom is -0.322 e. The molecule has 0 radical (unpaired) electrons. The molecule has 1 aromatic heterocycles. The molecule has 2 fully saturated rings. The van der Waals surface area contributed by atoms with E-state index in [-0.39, 0.29) is 18.5 Å². The number of aromatic nitrogens is 1. The van der Waals surface area contributed by atoms with E-state index >= 15 is 0 Å². The summed E-state index contributed by atoms with van der Waals surface area (Å²) in [5.41, 5.74) is 3.55. The average Bonchev–Trinajstić information content (AvgIpc) is 3.38. The lowest BCUT2D eigenvalue weighted by molar-refractivity contribution is -0.139. The molecule has 0 unspecified atom stereocenters. The van der Waals surface area contributed by atoms with E-state index in [9.17, 15) is 14.4 Å². The topological polar surface area (TPSA) is 94.6 Å². The SMILES string of the molecule is C[C@@]1(CCc2ccccc2)NC(=O)N(NC(=O)CN2CCCC[C@H]2c2nc3ccccc3s2)C1=O. The highest BCUT2D eigenvalue weighted by Crippen LogP contribution is 2.35. The monoisotopic (exact) mass is 491 g/mol. The van der Waals surface area contributed by atoms with Crippen LogP contribution < -0.4 is 10.7 Å². The highest BCUT2D eigenvalue weighted by Gasteiger charge is 2.48. The number of para-hydroxylation sites is 1. The first-order valence-electron chi connectivity index (χ1n) is 12.0. The second-order valence-electron chi connectivity index (χ2n) is 9.43. The zero-order valence-electron chi connectivity index (χ0n) is 19.7. The number of fused-ring (bicyclic) bond motifs is 1. The van der Waals surface area contributed by atoms with Gasteiger partial charge in [-0.15, -0.1) is 11.3 Å². The lowest BCUT2D eigenvalue weighted by Gasteiger charge is -2.34. The molecule has 0 bridgehead atoms. The van der Waals surface area contributed by atoms with Crippen molar-refractivity contribution in [1.82, 2.24) is 25.6 Å². The lowest BCUT2D eigenvalue weighted by atomic mass is 9.93. The standard InChI is InChI=1S/C26H29N5O3S/c1-26(15-14-18-9-3-2-4-10-18)24(33)31(25(34)28-26)29-22(32)17-30-16-8-7-12-20(30)23-27-19-11-5-6-13-21(19)35-23/h2-6,9-11,13,20H,7-8,12,14-17H2,1H3,(H,28,34)(H,29,32)/t20-,26-/m0/s1. The molecule has 0 spiro atoms. The molecule has 35 heavy (non-hydrogen) atoms. The van der Waals surface area contributed by atoms with Gasteiger partial charge in [0.05, 0.1) is 22.8 Å². The van der Waals surface area contributed by atoms with Crippen molar-refractivity contribution in [3.8, 4) is 0 Å². The number of hydrazine groups is 1. The molecule has 5 rings (SSSR count). The maximum absolute atomic E-state index is 13.1. The van der Waals surface area contributed by atoms with Crippen molar-refractivity contribution < 1.29 is 14.4 Å². The van der Waals surface area contributed by atoms with Crippen LogP contribution in [-0.2, 0) is 16.0 Å². The minimum absolute atomic E-state index is 0.0474. The van der Waals surface area contributed by atoms with Crippen molar-refractivity contribution in [3.05, 3.63) is 65.2 Å². The van der Waals surface area contributed by atoms with Crippen molar-refractivity contribution in [2.75, 3.05) is 13.1 Å². The number of hydrogen-bond acceptors (Lipinski definition) is 6. The lowest BCUT2D eigenvalue weighted by Crippen LogP contribution is -2.52. The third kappa shape index (κ3) is 4.92. The van der Waals surface area contributed by atoms with Gasteiger partial charge in [0.25, 0.3) is 11.8 Å². The quantitative estimate of drug-likeness (QED) is 0.491. The zero-order chi connectivity index (χ0) is 24.4. The second kappa shape index (κ2) is 9.75. The van der Waals surface area contributed by atoms with Crippen molar-refractivity contribution in [2.45, 2.75) is 50.6 Å². The van der Waals surface area contributed by atoms with Crippen LogP contribution in [0.15, 0.2) is 54.6 Å². The zero-order valence-corrected chi connectivity index (χ0v) is 20.5. The number of thiazole rings is 1. The van der Waals surface area contributed by atoms with E-state index in [1.807, 2.05) is 48.5 Å². The molecule has 4 amide bonds. The van der Waals surface area contributed by atoms with Crippen LogP contribution in [0.3, 0.4) is 0 Å². The number of nitrogens with one attached hydrogen (secondary N) is 2. The molecule has 3 aromatic rings. The number of hydrogen-bond donors (Lipinski definition) is 2. The van der Waals surface area contributed by atoms with Gasteiger partial charge in [-0.25, -0.2) is 9.78 Å². The number of imide groups is 1. The van der Waals surface area contributed by atoms with E-state index in [0.29, 0.717) is 12.8 Å². The molecule has 0 saturated carbocycles. The van der Waals surface area contributed by atoms with Crippen molar-refractivity contribution in [3.63, 3.8) is 0 Å². The van der Waals surface area contributed by atoms with Gasteiger partial charge < -0.3 is 5.32 Å². The van der Waals surface area contributed by atoms with Gasteiger partial charge in [0.15, 0.2) is 0 Å². The Bertz CT molecular complexity index is 1210. The van der Waals surface area contributed by atoms with Gasteiger partial charge in [-0.2, -0.15) is 5.01 Å². The molecule has 9 heteroatoms. The first-order valence-corrected chi connectivity index (χ1v) is 12.8. The van der Waals surface area contributed by atoms with Crippen LogP contribution in [0, 0.1) is 0 Å². The third-order valence-electron chi connectivity index (χ3n) is 6.81. The van der Waals surface area contributed by atoms with Crippen LogP contribution in [0.2, 0.25) is 0 Å². The largest absolute Gasteiger partial charge is 0.344 e. The molecule has 2 aliphatic heterocycles. The Morgan fingerprint density at radius 2 is 1.91 bits per heavy atom. The van der Waals surface area contributed by atoms with E-state index in [1.54, 1.807) is 18.3 Å². The summed E-state index contributed by atoms with van der Waals surface area (Å²) in [5.74, 6) is -0.818. The van der Waals surface area contributed by atoms with E-state index < -0.39 is 17.5 Å². The molecule has 182 valence electrons. The van der Waals surface area contributed by atoms with Crippen LogP contribution in [0.1, 0.15) is 49.2 Å². The number of carbonyl (C=O) groups is 3. The minimum atomic E-state index is -1.06. The summed E-state index contributed by atoms with van der Waals surface area (Å²) in [5, 5.41) is 4.60. The van der Waals surface area contributed by atoms with Gasteiger partial charge in [-0.1, -0.05) is 48.9 Å². The third-order valence-corrected chi connectivity index (χ3v) is 7.95. The van der Waals surface area contributed by atoms with Gasteiger partial charge in [0, 0.05) is 0 Å². The fourth-order valence-electron chi connectivity index (χ4n) is 4.83. The summed E-state index contributed by atoms with van der Waals surface area (Å²) in [6.07, 6.45) is 4.08. The summed E-state index contributed by atoms with van der Waals surface area (Å²) < 4.78 is 1.13. The molecule has 2 saturated heterocycles. The normalized spacial score (nSPS) is 23.0. The first-order chi connectivity index (χ1) is 16.9. The molecule has 2 N–H and O–H groups in total. The predicted octanol–water partition coefficient (Wildman–Crippen LogP) is 3.80. The molecule has 0 aliphatic carbocycles. The second-order valence-corrected chi connectivity index (χ2v) is 10.5. The number of nitrogens with zero attached hydrogens (tertiary/aromatic N) is 3. The number of likely N-dealkylation sites (tertiary alicyclic amines) is 1. The smallest absolute Gasteiger partial charge is 0.322 e. The first kappa shape index (κ1) is 23.4. The Balaban J connectivity index is 1.23. The maximum Gasteiger partial charge on any atom is 0.344 e. The van der Waals surface area contributed by atoms with Crippen LogP contribution in [0.5, 0.6) is 0 Å². The van der Waals surface area contributed by atoms with Crippen molar-refractivity contribution in [1.29, 1.82) is 0 Å². The van der Waals surface area contributed by atoms with E-state index in [1.165, 1.54) is 0 Å². The highest BCUT2D eigenvalue weighted by molar-refractivity contribution is 7.18. The summed E-state index contributed by atoms with van der Waals surface area (Å²) >= 11 is 1.66. The van der Waals surface area contributed by atoms with Crippen molar-refractivity contribution >= 4 is 39.4 Å². The van der Waals surface area contributed by atoms with Gasteiger partial charge in [-0.3, -0.25) is 19.9 Å². The summed E-state index contributed by atoms with van der Waals surface area (Å²) in [7, 11) is 0. The number of amides is 4. The molecular formula is C26H29N5O3S. The number of benzene rings is 2. The van der Waals surface area contributed by atoms with Crippen LogP contribution in [0.4, 0.5) is 4.79 Å². The van der Waals surface area contributed by atoms with Crippen molar-refractivity contribution in [2.24, 2.45) is 0 Å². The number of carbonyl (C=O) groups excluding carboxylic acids is 3.